The van der Waals surface area contributed by atoms with Gasteiger partial charge in [-0.15, -0.1) is 0 Å². The monoisotopic (exact) mass is 232 g/mol. The van der Waals surface area contributed by atoms with E-state index in [1.165, 1.54) is 11.5 Å². The first kappa shape index (κ1) is 11.5. The fourth-order valence-electron chi connectivity index (χ4n) is 1.95. The van der Waals surface area contributed by atoms with Gasteiger partial charge in [0.05, 0.1) is 12.0 Å². The summed E-state index contributed by atoms with van der Waals surface area (Å²) >= 11 is 2.00. The van der Waals surface area contributed by atoms with Crippen LogP contribution in [-0.2, 0) is 0 Å². The van der Waals surface area contributed by atoms with E-state index in [0.717, 1.165) is 25.2 Å². The molecular formula is C13H16N2S. The lowest BCUT2D eigenvalue weighted by Gasteiger charge is -2.27. The van der Waals surface area contributed by atoms with Gasteiger partial charge >= 0.3 is 0 Å². The molecule has 0 saturated carbocycles. The van der Waals surface area contributed by atoms with E-state index in [1.54, 1.807) is 0 Å². The summed E-state index contributed by atoms with van der Waals surface area (Å²) in [6.45, 7) is 3.12. The fourth-order valence-corrected chi connectivity index (χ4v) is 2.93. The van der Waals surface area contributed by atoms with Crippen molar-refractivity contribution >= 4 is 11.8 Å². The second-order valence-corrected chi connectivity index (χ2v) is 5.23. The molecule has 1 saturated heterocycles. The standard InChI is InChI=1S/C13H16N2S/c14-10-13(12-4-2-1-3-5-12)11-15-6-8-16-9-7-15/h1-5,13H,6-9,11H2. The van der Waals surface area contributed by atoms with Crippen molar-refractivity contribution in [3.05, 3.63) is 35.9 Å². The van der Waals surface area contributed by atoms with Crippen molar-refractivity contribution in [2.75, 3.05) is 31.1 Å². The minimum Gasteiger partial charge on any atom is -0.300 e. The van der Waals surface area contributed by atoms with Crippen LogP contribution in [0.5, 0.6) is 0 Å². The second-order valence-electron chi connectivity index (χ2n) is 4.01. The second kappa shape index (κ2) is 5.93. The Balaban J connectivity index is 1.98. The van der Waals surface area contributed by atoms with Gasteiger partial charge in [0.25, 0.3) is 0 Å². The third-order valence-corrected chi connectivity index (χ3v) is 3.84. The normalized spacial score (nSPS) is 18.9. The summed E-state index contributed by atoms with van der Waals surface area (Å²) in [5, 5.41) is 9.23. The highest BCUT2D eigenvalue weighted by molar-refractivity contribution is 7.99. The molecule has 1 aliphatic rings. The van der Waals surface area contributed by atoms with E-state index in [4.69, 9.17) is 0 Å². The maximum Gasteiger partial charge on any atom is 0.0839 e. The number of nitrogens with zero attached hydrogens (tertiary/aromatic N) is 2. The molecule has 3 heteroatoms. The van der Waals surface area contributed by atoms with E-state index in [1.807, 2.05) is 42.1 Å². The summed E-state index contributed by atoms with van der Waals surface area (Å²) in [4.78, 5) is 2.40. The van der Waals surface area contributed by atoms with Crippen LogP contribution in [0, 0.1) is 11.3 Å². The van der Waals surface area contributed by atoms with Crippen LogP contribution in [0.15, 0.2) is 30.3 Å². The number of hydrogen-bond acceptors (Lipinski definition) is 3. The third kappa shape index (κ3) is 3.01. The smallest absolute Gasteiger partial charge is 0.0839 e. The average molecular weight is 232 g/mol. The van der Waals surface area contributed by atoms with Gasteiger partial charge in [0.2, 0.25) is 0 Å². The minimum atomic E-state index is 0.0179. The zero-order valence-electron chi connectivity index (χ0n) is 9.30. The number of nitriles is 1. The van der Waals surface area contributed by atoms with Crippen molar-refractivity contribution < 1.29 is 0 Å². The molecule has 0 aliphatic carbocycles. The predicted octanol–water partition coefficient (Wildman–Crippen LogP) is 2.34. The van der Waals surface area contributed by atoms with Crippen LogP contribution in [0.3, 0.4) is 0 Å². The van der Waals surface area contributed by atoms with E-state index in [0.29, 0.717) is 0 Å². The molecule has 1 heterocycles. The van der Waals surface area contributed by atoms with Gasteiger partial charge in [0.1, 0.15) is 0 Å². The number of hydrogen-bond donors (Lipinski definition) is 0. The quantitative estimate of drug-likeness (QED) is 0.800. The summed E-state index contributed by atoms with van der Waals surface area (Å²) in [5.74, 6) is 2.42. The SMILES string of the molecule is N#CC(CN1CCSCC1)c1ccccc1. The molecule has 1 atom stereocenters. The Kier molecular flexibility index (Phi) is 4.26. The fraction of sp³-hybridized carbons (Fsp3) is 0.462. The zero-order chi connectivity index (χ0) is 11.2. The minimum absolute atomic E-state index is 0.0179. The maximum atomic E-state index is 9.23. The Morgan fingerprint density at radius 3 is 2.56 bits per heavy atom. The van der Waals surface area contributed by atoms with Gasteiger partial charge < -0.3 is 4.90 Å². The van der Waals surface area contributed by atoms with Gasteiger partial charge in [-0.3, -0.25) is 0 Å². The predicted molar refractivity (Wildman–Crippen MR) is 68.6 cm³/mol. The van der Waals surface area contributed by atoms with Crippen molar-refractivity contribution in [3.8, 4) is 6.07 Å². The largest absolute Gasteiger partial charge is 0.300 e. The molecule has 1 aromatic carbocycles. The van der Waals surface area contributed by atoms with Gasteiger partial charge in [0, 0.05) is 31.1 Å². The van der Waals surface area contributed by atoms with E-state index in [9.17, 15) is 5.26 Å². The lowest BCUT2D eigenvalue weighted by Crippen LogP contribution is -2.35. The number of thioether (sulfide) groups is 1. The summed E-state index contributed by atoms with van der Waals surface area (Å²) in [5.41, 5.74) is 1.14. The summed E-state index contributed by atoms with van der Waals surface area (Å²) < 4.78 is 0. The average Bonchev–Trinajstić information content (AvgIpc) is 2.38. The lowest BCUT2D eigenvalue weighted by molar-refractivity contribution is 0.297. The van der Waals surface area contributed by atoms with Crippen LogP contribution in [0.25, 0.3) is 0 Å². The van der Waals surface area contributed by atoms with Crippen molar-refractivity contribution in [3.63, 3.8) is 0 Å². The van der Waals surface area contributed by atoms with Crippen molar-refractivity contribution in [2.45, 2.75) is 5.92 Å². The molecule has 0 radical (unpaired) electrons. The Morgan fingerprint density at radius 2 is 1.94 bits per heavy atom. The van der Waals surface area contributed by atoms with Gasteiger partial charge in [-0.25, -0.2) is 0 Å². The van der Waals surface area contributed by atoms with E-state index in [2.05, 4.69) is 11.0 Å². The molecule has 0 spiro atoms. The highest BCUT2D eigenvalue weighted by Crippen LogP contribution is 2.18. The van der Waals surface area contributed by atoms with Gasteiger partial charge in [-0.2, -0.15) is 17.0 Å². The zero-order valence-corrected chi connectivity index (χ0v) is 10.1. The number of rotatable bonds is 3. The van der Waals surface area contributed by atoms with Crippen LogP contribution in [0.4, 0.5) is 0 Å². The molecule has 84 valence electrons. The van der Waals surface area contributed by atoms with Gasteiger partial charge in [0.15, 0.2) is 0 Å². The molecule has 2 rings (SSSR count). The topological polar surface area (TPSA) is 27.0 Å². The maximum absolute atomic E-state index is 9.23. The van der Waals surface area contributed by atoms with Crippen LogP contribution in [-0.4, -0.2) is 36.0 Å². The summed E-state index contributed by atoms with van der Waals surface area (Å²) in [7, 11) is 0. The molecule has 1 unspecified atom stereocenters. The Bertz CT molecular complexity index is 352. The first-order chi connectivity index (χ1) is 7.90. The molecular weight excluding hydrogens is 216 g/mol. The molecule has 1 aliphatic heterocycles. The van der Waals surface area contributed by atoms with E-state index >= 15 is 0 Å². The highest BCUT2D eigenvalue weighted by atomic mass is 32.2. The Hall–Kier alpha value is -0.980. The first-order valence-electron chi connectivity index (χ1n) is 5.65. The molecule has 1 fully saturated rings. The van der Waals surface area contributed by atoms with Gasteiger partial charge in [-0.1, -0.05) is 30.3 Å². The van der Waals surface area contributed by atoms with Crippen molar-refractivity contribution in [1.82, 2.24) is 4.90 Å². The van der Waals surface area contributed by atoms with Crippen LogP contribution in [0.2, 0.25) is 0 Å². The number of benzene rings is 1. The van der Waals surface area contributed by atoms with Crippen LogP contribution < -0.4 is 0 Å². The van der Waals surface area contributed by atoms with Crippen LogP contribution in [0.1, 0.15) is 11.5 Å². The Morgan fingerprint density at radius 1 is 1.25 bits per heavy atom. The first-order valence-corrected chi connectivity index (χ1v) is 6.80. The van der Waals surface area contributed by atoms with E-state index in [-0.39, 0.29) is 5.92 Å². The molecule has 1 aromatic rings. The molecule has 16 heavy (non-hydrogen) atoms. The van der Waals surface area contributed by atoms with Crippen molar-refractivity contribution in [1.29, 1.82) is 5.26 Å². The third-order valence-electron chi connectivity index (χ3n) is 2.90. The van der Waals surface area contributed by atoms with Crippen LogP contribution >= 0.6 is 11.8 Å². The summed E-state index contributed by atoms with van der Waals surface area (Å²) in [6.07, 6.45) is 0. The lowest BCUT2D eigenvalue weighted by atomic mass is 10.0. The summed E-state index contributed by atoms with van der Waals surface area (Å²) in [6, 6.07) is 12.5. The molecule has 0 N–H and O–H groups in total. The molecule has 0 aromatic heterocycles. The molecule has 0 amide bonds. The van der Waals surface area contributed by atoms with E-state index < -0.39 is 0 Å². The molecule has 2 nitrogen and oxygen atoms in total. The highest BCUT2D eigenvalue weighted by Gasteiger charge is 2.17. The van der Waals surface area contributed by atoms with Gasteiger partial charge in [-0.05, 0) is 5.56 Å². The van der Waals surface area contributed by atoms with Crippen molar-refractivity contribution in [2.24, 2.45) is 0 Å². The Labute approximate surface area is 101 Å². The molecule has 0 bridgehead atoms.